The van der Waals surface area contributed by atoms with E-state index in [9.17, 15) is 4.79 Å². The van der Waals surface area contributed by atoms with Crippen molar-refractivity contribution in [2.45, 2.75) is 0 Å². The fraction of sp³-hybridized carbons (Fsp3) is 0. The number of hydrogen-bond donors (Lipinski definition) is 1. The SMILES string of the molecule is O=C(Nc1cccc2cccnc12)c1occc1-c1nc2ccccc2o1. The van der Waals surface area contributed by atoms with Crippen molar-refractivity contribution in [3.05, 3.63) is 78.9 Å². The number of aromatic nitrogens is 2. The maximum atomic E-state index is 12.8. The molecule has 6 heteroatoms. The monoisotopic (exact) mass is 355 g/mol. The highest BCUT2D eigenvalue weighted by atomic mass is 16.4. The molecule has 3 aromatic heterocycles. The second kappa shape index (κ2) is 6.10. The van der Waals surface area contributed by atoms with Crippen LogP contribution >= 0.6 is 0 Å². The van der Waals surface area contributed by atoms with E-state index in [1.807, 2.05) is 48.5 Å². The molecule has 5 rings (SSSR count). The predicted octanol–water partition coefficient (Wildman–Crippen LogP) is 4.89. The van der Waals surface area contributed by atoms with Gasteiger partial charge in [-0.2, -0.15) is 0 Å². The van der Waals surface area contributed by atoms with E-state index in [1.165, 1.54) is 6.26 Å². The summed E-state index contributed by atoms with van der Waals surface area (Å²) < 4.78 is 11.2. The second-order valence-corrected chi connectivity index (χ2v) is 5.98. The van der Waals surface area contributed by atoms with Gasteiger partial charge in [0.1, 0.15) is 5.52 Å². The number of hydrogen-bond acceptors (Lipinski definition) is 5. The van der Waals surface area contributed by atoms with Crippen molar-refractivity contribution in [1.29, 1.82) is 0 Å². The molecule has 130 valence electrons. The molecule has 3 heterocycles. The molecule has 0 aliphatic rings. The number of para-hydroxylation sites is 3. The first-order chi connectivity index (χ1) is 13.3. The molecule has 0 saturated carbocycles. The molecule has 0 aliphatic carbocycles. The highest BCUT2D eigenvalue weighted by molar-refractivity contribution is 6.09. The van der Waals surface area contributed by atoms with Crippen LogP contribution in [0.25, 0.3) is 33.5 Å². The molecule has 0 unspecified atom stereocenters. The maximum Gasteiger partial charge on any atom is 0.292 e. The van der Waals surface area contributed by atoms with E-state index >= 15 is 0 Å². The van der Waals surface area contributed by atoms with Crippen molar-refractivity contribution in [3.63, 3.8) is 0 Å². The van der Waals surface area contributed by atoms with Crippen LogP contribution in [0.5, 0.6) is 0 Å². The van der Waals surface area contributed by atoms with Crippen molar-refractivity contribution in [2.75, 3.05) is 5.32 Å². The lowest BCUT2D eigenvalue weighted by atomic mass is 10.2. The number of oxazole rings is 1. The molecular weight excluding hydrogens is 342 g/mol. The van der Waals surface area contributed by atoms with Crippen LogP contribution < -0.4 is 5.32 Å². The van der Waals surface area contributed by atoms with Crippen LogP contribution in [0.3, 0.4) is 0 Å². The van der Waals surface area contributed by atoms with Crippen molar-refractivity contribution in [3.8, 4) is 11.5 Å². The molecule has 2 aromatic carbocycles. The third-order valence-corrected chi connectivity index (χ3v) is 4.28. The minimum absolute atomic E-state index is 0.134. The zero-order valence-electron chi connectivity index (χ0n) is 14.0. The van der Waals surface area contributed by atoms with Gasteiger partial charge < -0.3 is 14.2 Å². The fourth-order valence-electron chi connectivity index (χ4n) is 3.03. The number of amides is 1. The molecule has 0 saturated heterocycles. The molecule has 1 amide bonds. The highest BCUT2D eigenvalue weighted by Gasteiger charge is 2.21. The van der Waals surface area contributed by atoms with Gasteiger partial charge in [-0.15, -0.1) is 0 Å². The Kier molecular flexibility index (Phi) is 3.47. The Bertz CT molecular complexity index is 1250. The molecule has 0 fully saturated rings. The summed E-state index contributed by atoms with van der Waals surface area (Å²) in [7, 11) is 0. The minimum Gasteiger partial charge on any atom is -0.458 e. The van der Waals surface area contributed by atoms with Crippen LogP contribution in [0.1, 0.15) is 10.6 Å². The Balaban J connectivity index is 1.52. The minimum atomic E-state index is -0.393. The number of anilines is 1. The van der Waals surface area contributed by atoms with Gasteiger partial charge in [0, 0.05) is 11.6 Å². The van der Waals surface area contributed by atoms with Gasteiger partial charge >= 0.3 is 0 Å². The Morgan fingerprint density at radius 3 is 2.78 bits per heavy atom. The summed E-state index contributed by atoms with van der Waals surface area (Å²) in [6, 6.07) is 18.5. The number of carbonyl (C=O) groups is 1. The Morgan fingerprint density at radius 2 is 1.85 bits per heavy atom. The average molecular weight is 355 g/mol. The molecule has 5 aromatic rings. The van der Waals surface area contributed by atoms with Crippen LogP contribution in [-0.4, -0.2) is 15.9 Å². The van der Waals surface area contributed by atoms with E-state index < -0.39 is 5.91 Å². The first-order valence-electron chi connectivity index (χ1n) is 8.38. The molecule has 1 N–H and O–H groups in total. The predicted molar refractivity (Wildman–Crippen MR) is 101 cm³/mol. The maximum absolute atomic E-state index is 12.8. The number of fused-ring (bicyclic) bond motifs is 2. The lowest BCUT2D eigenvalue weighted by molar-refractivity contribution is 0.0997. The standard InChI is InChI=1S/C21H13N3O3/c25-20(23-16-8-3-5-13-6-4-11-22-18(13)16)19-14(10-12-26-19)21-24-15-7-1-2-9-17(15)27-21/h1-12H,(H,23,25). The molecule has 6 nitrogen and oxygen atoms in total. The molecule has 0 bridgehead atoms. The third-order valence-electron chi connectivity index (χ3n) is 4.28. The Morgan fingerprint density at radius 1 is 0.963 bits per heavy atom. The Hall–Kier alpha value is -3.93. The van der Waals surface area contributed by atoms with E-state index in [0.29, 0.717) is 28.2 Å². The summed E-state index contributed by atoms with van der Waals surface area (Å²) in [5, 5.41) is 3.81. The summed E-state index contributed by atoms with van der Waals surface area (Å²) in [6.45, 7) is 0. The third kappa shape index (κ3) is 2.64. The second-order valence-electron chi connectivity index (χ2n) is 5.98. The zero-order valence-corrected chi connectivity index (χ0v) is 14.0. The largest absolute Gasteiger partial charge is 0.458 e. The average Bonchev–Trinajstić information content (AvgIpc) is 3.35. The number of nitrogens with one attached hydrogen (secondary N) is 1. The summed E-state index contributed by atoms with van der Waals surface area (Å²) in [4.78, 5) is 21.6. The van der Waals surface area contributed by atoms with E-state index in [2.05, 4.69) is 15.3 Å². The summed E-state index contributed by atoms with van der Waals surface area (Å²) in [6.07, 6.45) is 3.13. The van der Waals surface area contributed by atoms with Gasteiger partial charge in [-0.3, -0.25) is 9.78 Å². The zero-order chi connectivity index (χ0) is 18.2. The van der Waals surface area contributed by atoms with Crippen LogP contribution in [-0.2, 0) is 0 Å². The van der Waals surface area contributed by atoms with Crippen molar-refractivity contribution in [2.24, 2.45) is 0 Å². The topological polar surface area (TPSA) is 81.2 Å². The molecule has 27 heavy (non-hydrogen) atoms. The van der Waals surface area contributed by atoms with Gasteiger partial charge in [-0.05, 0) is 30.3 Å². The van der Waals surface area contributed by atoms with Crippen molar-refractivity contribution in [1.82, 2.24) is 9.97 Å². The summed E-state index contributed by atoms with van der Waals surface area (Å²) in [5.74, 6) is 0.0797. The van der Waals surface area contributed by atoms with Crippen LogP contribution in [0.15, 0.2) is 82.0 Å². The van der Waals surface area contributed by atoms with Gasteiger partial charge in [-0.1, -0.05) is 30.3 Å². The quantitative estimate of drug-likeness (QED) is 0.498. The number of rotatable bonds is 3. The van der Waals surface area contributed by atoms with Crippen molar-refractivity contribution < 1.29 is 13.6 Å². The van der Waals surface area contributed by atoms with E-state index in [0.717, 1.165) is 10.9 Å². The van der Waals surface area contributed by atoms with Gasteiger partial charge in [0.25, 0.3) is 5.91 Å². The molecule has 0 aliphatic heterocycles. The van der Waals surface area contributed by atoms with Crippen molar-refractivity contribution >= 4 is 33.6 Å². The number of pyridine rings is 1. The lowest BCUT2D eigenvalue weighted by Crippen LogP contribution is -2.12. The number of carbonyl (C=O) groups excluding carboxylic acids is 1. The van der Waals surface area contributed by atoms with E-state index in [1.54, 1.807) is 18.3 Å². The first-order valence-corrected chi connectivity index (χ1v) is 8.38. The molecule has 0 atom stereocenters. The van der Waals surface area contributed by atoms with Crippen LogP contribution in [0.2, 0.25) is 0 Å². The number of nitrogens with zero attached hydrogens (tertiary/aromatic N) is 2. The molecule has 0 spiro atoms. The van der Waals surface area contributed by atoms with Gasteiger partial charge in [0.2, 0.25) is 11.7 Å². The molecular formula is C21H13N3O3. The fourth-order valence-corrected chi connectivity index (χ4v) is 3.03. The van der Waals surface area contributed by atoms with Gasteiger partial charge in [0.05, 0.1) is 23.0 Å². The van der Waals surface area contributed by atoms with Gasteiger partial charge in [0.15, 0.2) is 5.58 Å². The van der Waals surface area contributed by atoms with Crippen LogP contribution in [0.4, 0.5) is 5.69 Å². The summed E-state index contributed by atoms with van der Waals surface area (Å²) >= 11 is 0. The smallest absolute Gasteiger partial charge is 0.292 e. The first kappa shape index (κ1) is 15.3. The number of furan rings is 1. The number of benzene rings is 2. The van der Waals surface area contributed by atoms with Crippen LogP contribution in [0, 0.1) is 0 Å². The normalized spacial score (nSPS) is 11.1. The Labute approximate surface area is 153 Å². The highest BCUT2D eigenvalue weighted by Crippen LogP contribution is 2.29. The van der Waals surface area contributed by atoms with E-state index in [4.69, 9.17) is 8.83 Å². The van der Waals surface area contributed by atoms with Gasteiger partial charge in [-0.25, -0.2) is 4.98 Å². The lowest BCUT2D eigenvalue weighted by Gasteiger charge is -2.07. The van der Waals surface area contributed by atoms with E-state index in [-0.39, 0.29) is 5.76 Å². The molecule has 0 radical (unpaired) electrons. The summed E-state index contributed by atoms with van der Waals surface area (Å²) in [5.41, 5.74) is 3.19.